The molecule has 1 aliphatic heterocycles. The molecule has 0 saturated carbocycles. The normalized spacial score (nSPS) is 17.3. The molecule has 7 heteroatoms. The van der Waals surface area contributed by atoms with E-state index in [-0.39, 0.29) is 40.9 Å². The largest absolute Gasteiger partial charge is 0.338 e. The van der Waals surface area contributed by atoms with Crippen LogP contribution >= 0.6 is 12.4 Å². The van der Waals surface area contributed by atoms with Crippen LogP contribution in [0, 0.1) is 12.8 Å². The quantitative estimate of drug-likeness (QED) is 0.847. The van der Waals surface area contributed by atoms with Crippen molar-refractivity contribution in [2.75, 3.05) is 13.1 Å². The molecule has 0 aromatic carbocycles. The van der Waals surface area contributed by atoms with Gasteiger partial charge in [-0.3, -0.25) is 9.59 Å². The van der Waals surface area contributed by atoms with Crippen molar-refractivity contribution in [3.63, 3.8) is 0 Å². The molecule has 0 spiro atoms. The van der Waals surface area contributed by atoms with E-state index in [1.165, 1.54) is 0 Å². The minimum atomic E-state index is -0.346. The average molecular weight is 357 g/mol. The Morgan fingerprint density at radius 1 is 1.33 bits per heavy atom. The highest BCUT2D eigenvalue weighted by atomic mass is 35.5. The van der Waals surface area contributed by atoms with Crippen molar-refractivity contribution in [3.8, 4) is 0 Å². The summed E-state index contributed by atoms with van der Waals surface area (Å²) in [5, 5.41) is 0. The summed E-state index contributed by atoms with van der Waals surface area (Å²) in [6.45, 7) is 11.0. The number of piperidine rings is 1. The third-order valence-electron chi connectivity index (χ3n) is 4.59. The summed E-state index contributed by atoms with van der Waals surface area (Å²) in [4.78, 5) is 34.1. The number of rotatable bonds is 2. The summed E-state index contributed by atoms with van der Waals surface area (Å²) in [6.07, 6.45) is 1.77. The number of amides is 1. The van der Waals surface area contributed by atoms with Crippen molar-refractivity contribution in [3.05, 3.63) is 27.4 Å². The van der Waals surface area contributed by atoms with Crippen LogP contribution in [-0.2, 0) is 5.41 Å². The summed E-state index contributed by atoms with van der Waals surface area (Å²) in [5.74, 6) is 0.826. The summed E-state index contributed by atoms with van der Waals surface area (Å²) in [7, 11) is 0. The molecule has 6 nitrogen and oxygen atoms in total. The van der Waals surface area contributed by atoms with E-state index in [0.29, 0.717) is 30.5 Å². The zero-order chi connectivity index (χ0) is 17.4. The number of aromatic nitrogens is 2. The maximum atomic E-state index is 12.7. The van der Waals surface area contributed by atoms with Gasteiger partial charge in [-0.2, -0.15) is 0 Å². The Balaban J connectivity index is 0.00000288. The Morgan fingerprint density at radius 3 is 2.29 bits per heavy atom. The van der Waals surface area contributed by atoms with Gasteiger partial charge in [-0.15, -0.1) is 12.4 Å². The highest BCUT2D eigenvalue weighted by Crippen LogP contribution is 2.22. The molecular formula is C17H29ClN4O2. The van der Waals surface area contributed by atoms with Gasteiger partial charge in [0.1, 0.15) is 11.4 Å². The monoisotopic (exact) mass is 356 g/mol. The molecule has 2 rings (SSSR count). The predicted octanol–water partition coefficient (Wildman–Crippen LogP) is 2.00. The maximum Gasteiger partial charge on any atom is 0.264 e. The topological polar surface area (TPSA) is 92.1 Å². The molecule has 1 aromatic heterocycles. The molecule has 1 aromatic rings. The van der Waals surface area contributed by atoms with Crippen molar-refractivity contribution >= 4 is 18.3 Å². The predicted molar refractivity (Wildman–Crippen MR) is 97.8 cm³/mol. The molecule has 1 saturated heterocycles. The molecule has 0 bridgehead atoms. The van der Waals surface area contributed by atoms with Crippen LogP contribution in [0.15, 0.2) is 4.79 Å². The first-order valence-electron chi connectivity index (χ1n) is 8.27. The lowest BCUT2D eigenvalue weighted by Crippen LogP contribution is -2.44. The van der Waals surface area contributed by atoms with E-state index < -0.39 is 0 Å². The van der Waals surface area contributed by atoms with Gasteiger partial charge < -0.3 is 15.6 Å². The van der Waals surface area contributed by atoms with Gasteiger partial charge in [-0.1, -0.05) is 20.8 Å². The fourth-order valence-corrected chi connectivity index (χ4v) is 2.98. The van der Waals surface area contributed by atoms with E-state index in [1.54, 1.807) is 11.8 Å². The number of nitrogens with two attached hydrogens (primary N) is 1. The molecule has 24 heavy (non-hydrogen) atoms. The van der Waals surface area contributed by atoms with Crippen LogP contribution in [0.2, 0.25) is 0 Å². The fraction of sp³-hybridized carbons (Fsp3) is 0.706. The number of hydrogen-bond donors (Lipinski definition) is 2. The molecular weight excluding hydrogens is 328 g/mol. The van der Waals surface area contributed by atoms with Gasteiger partial charge in [0.2, 0.25) is 0 Å². The van der Waals surface area contributed by atoms with Crippen LogP contribution in [0.25, 0.3) is 0 Å². The number of likely N-dealkylation sites (tertiary alicyclic amines) is 1. The smallest absolute Gasteiger partial charge is 0.264 e. The van der Waals surface area contributed by atoms with Gasteiger partial charge in [0.05, 0.1) is 5.69 Å². The Morgan fingerprint density at radius 2 is 1.88 bits per heavy atom. The first-order chi connectivity index (χ1) is 10.6. The van der Waals surface area contributed by atoms with Crippen LogP contribution in [0.3, 0.4) is 0 Å². The molecule has 3 N–H and O–H groups in total. The number of halogens is 1. The highest BCUT2D eigenvalue weighted by Gasteiger charge is 2.29. The SMILES string of the molecule is Cc1nc(C(C)(C)C)[nH]c(=O)c1C(=O)N1CCC(C(C)N)CC1.Cl. The molecule has 1 aliphatic rings. The standard InChI is InChI=1S/C17H28N4O2.ClH/c1-10(18)12-6-8-21(9-7-12)15(23)13-11(2)19-16(17(3,4)5)20-14(13)22;/h10,12H,6-9,18H2,1-5H3,(H,19,20,22);1H. The van der Waals surface area contributed by atoms with Crippen molar-refractivity contribution in [2.45, 2.75) is 58.9 Å². The number of H-pyrrole nitrogens is 1. The minimum Gasteiger partial charge on any atom is -0.338 e. The van der Waals surface area contributed by atoms with Gasteiger partial charge >= 0.3 is 0 Å². The zero-order valence-corrected chi connectivity index (χ0v) is 16.0. The Hall–Kier alpha value is -1.40. The number of carbonyl (C=O) groups is 1. The molecule has 1 unspecified atom stereocenters. The molecule has 136 valence electrons. The first-order valence-corrected chi connectivity index (χ1v) is 8.27. The molecule has 1 amide bonds. The molecule has 1 fully saturated rings. The number of nitrogens with zero attached hydrogens (tertiary/aromatic N) is 2. The second-order valence-corrected chi connectivity index (χ2v) is 7.61. The molecule has 1 atom stereocenters. The van der Waals surface area contributed by atoms with E-state index in [2.05, 4.69) is 9.97 Å². The van der Waals surface area contributed by atoms with Crippen LogP contribution in [0.4, 0.5) is 0 Å². The van der Waals surface area contributed by atoms with Crippen molar-refractivity contribution in [2.24, 2.45) is 11.7 Å². The number of hydrogen-bond acceptors (Lipinski definition) is 4. The number of carbonyl (C=O) groups excluding carboxylic acids is 1. The number of nitrogens with one attached hydrogen (secondary N) is 1. The number of aryl methyl sites for hydroxylation is 1. The lowest BCUT2D eigenvalue weighted by molar-refractivity contribution is 0.0677. The fourth-order valence-electron chi connectivity index (χ4n) is 2.98. The van der Waals surface area contributed by atoms with Gasteiger partial charge in [-0.25, -0.2) is 4.98 Å². The maximum absolute atomic E-state index is 12.7. The van der Waals surface area contributed by atoms with E-state index in [4.69, 9.17) is 5.73 Å². The Labute approximate surface area is 149 Å². The van der Waals surface area contributed by atoms with Gasteiger partial charge in [-0.05, 0) is 32.6 Å². The van der Waals surface area contributed by atoms with Gasteiger partial charge in [0.15, 0.2) is 0 Å². The molecule has 0 radical (unpaired) electrons. The number of aromatic amines is 1. The van der Waals surface area contributed by atoms with Gasteiger partial charge in [0, 0.05) is 24.5 Å². The molecule has 0 aliphatic carbocycles. The van der Waals surface area contributed by atoms with Crippen LogP contribution < -0.4 is 11.3 Å². The van der Waals surface area contributed by atoms with Crippen molar-refractivity contribution in [1.29, 1.82) is 0 Å². The second kappa shape index (κ2) is 7.66. The van der Waals surface area contributed by atoms with Crippen LogP contribution in [-0.4, -0.2) is 39.9 Å². The summed E-state index contributed by atoms with van der Waals surface area (Å²) >= 11 is 0. The zero-order valence-electron chi connectivity index (χ0n) is 15.2. The molecule has 2 heterocycles. The average Bonchev–Trinajstić information content (AvgIpc) is 2.45. The third-order valence-corrected chi connectivity index (χ3v) is 4.59. The summed E-state index contributed by atoms with van der Waals surface area (Å²) < 4.78 is 0. The first kappa shape index (κ1) is 20.6. The van der Waals surface area contributed by atoms with E-state index in [9.17, 15) is 9.59 Å². The lowest BCUT2D eigenvalue weighted by atomic mass is 9.90. The highest BCUT2D eigenvalue weighted by molar-refractivity contribution is 5.94. The van der Waals surface area contributed by atoms with E-state index >= 15 is 0 Å². The van der Waals surface area contributed by atoms with Crippen molar-refractivity contribution < 1.29 is 4.79 Å². The van der Waals surface area contributed by atoms with Gasteiger partial charge in [0.25, 0.3) is 11.5 Å². The summed E-state index contributed by atoms with van der Waals surface area (Å²) in [6, 6.07) is 0.144. The van der Waals surface area contributed by atoms with E-state index in [1.807, 2.05) is 27.7 Å². The summed E-state index contributed by atoms with van der Waals surface area (Å²) in [5.41, 5.74) is 5.99. The van der Waals surface area contributed by atoms with Crippen LogP contribution in [0.5, 0.6) is 0 Å². The Bertz CT molecular complexity index is 641. The van der Waals surface area contributed by atoms with Crippen LogP contribution in [0.1, 0.15) is 62.4 Å². The van der Waals surface area contributed by atoms with E-state index in [0.717, 1.165) is 12.8 Å². The second-order valence-electron chi connectivity index (χ2n) is 7.61. The minimum absolute atomic E-state index is 0. The van der Waals surface area contributed by atoms with Crippen molar-refractivity contribution in [1.82, 2.24) is 14.9 Å². The lowest BCUT2D eigenvalue weighted by Gasteiger charge is -2.33. The Kier molecular flexibility index (Phi) is 6.59. The third kappa shape index (κ3) is 4.36.